The van der Waals surface area contributed by atoms with Gasteiger partial charge in [-0.3, -0.25) is 9.78 Å². The van der Waals surface area contributed by atoms with Crippen LogP contribution in [0.25, 0.3) is 0 Å². The van der Waals surface area contributed by atoms with E-state index in [1.807, 2.05) is 24.3 Å². The van der Waals surface area contributed by atoms with Crippen molar-refractivity contribution < 1.29 is 4.79 Å². The second kappa shape index (κ2) is 5.71. The van der Waals surface area contributed by atoms with Crippen molar-refractivity contribution in [3.63, 3.8) is 0 Å². The van der Waals surface area contributed by atoms with Crippen LogP contribution in [0.3, 0.4) is 0 Å². The monoisotopic (exact) mass is 333 g/mol. The molecule has 1 heterocycles. The van der Waals surface area contributed by atoms with Gasteiger partial charge in [0, 0.05) is 21.8 Å². The van der Waals surface area contributed by atoms with Crippen LogP contribution >= 0.6 is 15.9 Å². The van der Waals surface area contributed by atoms with E-state index in [1.54, 1.807) is 6.20 Å². The number of hydrogen-bond donors (Lipinski definition) is 1. The Kier molecular flexibility index (Phi) is 4.18. The largest absolute Gasteiger partial charge is 0.321 e. The minimum atomic E-state index is -0.268. The zero-order valence-electron chi connectivity index (χ0n) is 11.6. The van der Waals surface area contributed by atoms with Gasteiger partial charge in [-0.25, -0.2) is 4.98 Å². The molecule has 0 bridgehead atoms. The van der Waals surface area contributed by atoms with E-state index < -0.39 is 0 Å². The lowest BCUT2D eigenvalue weighted by atomic mass is 9.93. The van der Waals surface area contributed by atoms with E-state index in [0.29, 0.717) is 11.4 Å². The lowest BCUT2D eigenvalue weighted by Crippen LogP contribution is -2.18. The first-order valence-corrected chi connectivity index (χ1v) is 7.05. The average Bonchev–Trinajstić information content (AvgIpc) is 2.38. The van der Waals surface area contributed by atoms with Crippen LogP contribution in [0, 0.1) is 0 Å². The number of nitrogens with zero attached hydrogens (tertiary/aromatic N) is 2. The van der Waals surface area contributed by atoms with Gasteiger partial charge in [-0.2, -0.15) is 0 Å². The second-order valence-corrected chi connectivity index (χ2v) is 6.42. The summed E-state index contributed by atoms with van der Waals surface area (Å²) >= 11 is 3.36. The molecule has 1 N–H and O–H groups in total. The van der Waals surface area contributed by atoms with Gasteiger partial charge in [0.15, 0.2) is 0 Å². The number of aromatic nitrogens is 2. The Labute approximate surface area is 126 Å². The average molecular weight is 334 g/mol. The summed E-state index contributed by atoms with van der Waals surface area (Å²) in [5.41, 5.74) is 1.80. The predicted molar refractivity (Wildman–Crippen MR) is 82.8 cm³/mol. The Bertz CT molecular complexity index is 618. The van der Waals surface area contributed by atoms with Crippen molar-refractivity contribution in [2.75, 3.05) is 5.32 Å². The van der Waals surface area contributed by atoms with Crippen molar-refractivity contribution in [1.29, 1.82) is 0 Å². The molecule has 2 aromatic rings. The quantitative estimate of drug-likeness (QED) is 0.909. The third-order valence-corrected chi connectivity index (χ3v) is 3.23. The van der Waals surface area contributed by atoms with Crippen LogP contribution in [0.5, 0.6) is 0 Å². The summed E-state index contributed by atoms with van der Waals surface area (Å²) in [7, 11) is 0. The van der Waals surface area contributed by atoms with Gasteiger partial charge in [0.1, 0.15) is 5.69 Å². The molecule has 0 atom stereocenters. The van der Waals surface area contributed by atoms with Gasteiger partial charge in [-0.15, -0.1) is 0 Å². The molecule has 0 aliphatic rings. The topological polar surface area (TPSA) is 54.9 Å². The van der Waals surface area contributed by atoms with Gasteiger partial charge in [0.2, 0.25) is 0 Å². The number of anilines is 1. The highest BCUT2D eigenvalue weighted by atomic mass is 79.9. The summed E-state index contributed by atoms with van der Waals surface area (Å²) in [6.45, 7) is 6.16. The molecule has 0 fully saturated rings. The second-order valence-electron chi connectivity index (χ2n) is 5.50. The highest BCUT2D eigenvalue weighted by molar-refractivity contribution is 9.10. The van der Waals surface area contributed by atoms with E-state index in [0.717, 1.165) is 10.2 Å². The Morgan fingerprint density at radius 3 is 2.50 bits per heavy atom. The Balaban J connectivity index is 2.14. The number of benzene rings is 1. The van der Waals surface area contributed by atoms with E-state index in [9.17, 15) is 4.79 Å². The van der Waals surface area contributed by atoms with Crippen LogP contribution in [-0.2, 0) is 5.41 Å². The maximum Gasteiger partial charge on any atom is 0.275 e. The lowest BCUT2D eigenvalue weighted by molar-refractivity contribution is 0.102. The highest BCUT2D eigenvalue weighted by Gasteiger charge is 2.17. The van der Waals surface area contributed by atoms with Gasteiger partial charge >= 0.3 is 0 Å². The molecule has 4 nitrogen and oxygen atoms in total. The van der Waals surface area contributed by atoms with Crippen LogP contribution in [0.15, 0.2) is 41.1 Å². The standard InChI is InChI=1S/C15H16BrN3O/c1-15(2,3)13-9-17-12(8-18-13)14(20)19-11-6-4-5-10(16)7-11/h4-9H,1-3H3,(H,19,20). The normalized spacial score (nSPS) is 11.2. The zero-order chi connectivity index (χ0) is 14.8. The minimum Gasteiger partial charge on any atom is -0.321 e. The molecule has 2 rings (SSSR count). The van der Waals surface area contributed by atoms with Crippen LogP contribution in [-0.4, -0.2) is 15.9 Å². The maximum absolute atomic E-state index is 12.1. The summed E-state index contributed by atoms with van der Waals surface area (Å²) in [6.07, 6.45) is 3.16. The predicted octanol–water partition coefficient (Wildman–Crippen LogP) is 3.79. The maximum atomic E-state index is 12.1. The molecule has 0 radical (unpaired) electrons. The van der Waals surface area contributed by atoms with Crippen LogP contribution in [0.4, 0.5) is 5.69 Å². The Morgan fingerprint density at radius 1 is 1.20 bits per heavy atom. The van der Waals surface area contributed by atoms with Gasteiger partial charge in [0.25, 0.3) is 5.91 Å². The fourth-order valence-electron chi connectivity index (χ4n) is 1.59. The Morgan fingerprint density at radius 2 is 1.95 bits per heavy atom. The molecular weight excluding hydrogens is 318 g/mol. The smallest absolute Gasteiger partial charge is 0.275 e. The number of carbonyl (C=O) groups excluding carboxylic acids is 1. The number of nitrogens with one attached hydrogen (secondary N) is 1. The summed E-state index contributed by atoms with van der Waals surface area (Å²) < 4.78 is 0.907. The number of amides is 1. The molecule has 0 aliphatic carbocycles. The molecule has 0 saturated heterocycles. The number of carbonyl (C=O) groups is 1. The SMILES string of the molecule is CC(C)(C)c1cnc(C(=O)Nc2cccc(Br)c2)cn1. The first-order valence-electron chi connectivity index (χ1n) is 6.26. The first-order chi connectivity index (χ1) is 9.36. The summed E-state index contributed by atoms with van der Waals surface area (Å²) in [4.78, 5) is 20.5. The highest BCUT2D eigenvalue weighted by Crippen LogP contribution is 2.19. The fourth-order valence-corrected chi connectivity index (χ4v) is 1.99. The summed E-state index contributed by atoms with van der Waals surface area (Å²) in [5, 5.41) is 2.79. The molecule has 0 unspecified atom stereocenters. The van der Waals surface area contributed by atoms with E-state index in [1.165, 1.54) is 6.20 Å². The molecule has 0 saturated carbocycles. The van der Waals surface area contributed by atoms with Crippen molar-refractivity contribution in [2.45, 2.75) is 26.2 Å². The molecule has 1 aromatic carbocycles. The molecule has 20 heavy (non-hydrogen) atoms. The fraction of sp³-hybridized carbons (Fsp3) is 0.267. The van der Waals surface area contributed by atoms with Gasteiger partial charge < -0.3 is 5.32 Å². The molecule has 1 amide bonds. The summed E-state index contributed by atoms with van der Waals surface area (Å²) in [6, 6.07) is 7.40. The van der Waals surface area contributed by atoms with E-state index >= 15 is 0 Å². The van der Waals surface area contributed by atoms with E-state index in [2.05, 4.69) is 52.0 Å². The van der Waals surface area contributed by atoms with Crippen molar-refractivity contribution in [3.8, 4) is 0 Å². The number of hydrogen-bond acceptors (Lipinski definition) is 3. The van der Waals surface area contributed by atoms with Crippen molar-refractivity contribution in [1.82, 2.24) is 9.97 Å². The minimum absolute atomic E-state index is 0.0771. The van der Waals surface area contributed by atoms with E-state index in [4.69, 9.17) is 0 Å². The number of halogens is 1. The van der Waals surface area contributed by atoms with Crippen molar-refractivity contribution >= 4 is 27.5 Å². The van der Waals surface area contributed by atoms with Gasteiger partial charge in [-0.1, -0.05) is 42.8 Å². The van der Waals surface area contributed by atoms with Crippen LogP contribution in [0.2, 0.25) is 0 Å². The van der Waals surface area contributed by atoms with Crippen molar-refractivity contribution in [2.24, 2.45) is 0 Å². The van der Waals surface area contributed by atoms with Gasteiger partial charge in [0.05, 0.1) is 11.9 Å². The van der Waals surface area contributed by atoms with E-state index in [-0.39, 0.29) is 11.3 Å². The molecular formula is C15H16BrN3O. The summed E-state index contributed by atoms with van der Waals surface area (Å²) in [5.74, 6) is -0.268. The molecule has 1 aromatic heterocycles. The zero-order valence-corrected chi connectivity index (χ0v) is 13.2. The van der Waals surface area contributed by atoms with Crippen LogP contribution in [0.1, 0.15) is 37.0 Å². The molecule has 0 spiro atoms. The van der Waals surface area contributed by atoms with Crippen molar-refractivity contribution in [3.05, 3.63) is 52.5 Å². The molecule has 5 heteroatoms. The van der Waals surface area contributed by atoms with Crippen LogP contribution < -0.4 is 5.32 Å². The first kappa shape index (κ1) is 14.7. The lowest BCUT2D eigenvalue weighted by Gasteiger charge is -2.16. The van der Waals surface area contributed by atoms with Gasteiger partial charge in [-0.05, 0) is 18.2 Å². The third-order valence-electron chi connectivity index (χ3n) is 2.74. The molecule has 0 aliphatic heterocycles. The molecule has 104 valence electrons. The number of rotatable bonds is 2. The third kappa shape index (κ3) is 3.63. The Hall–Kier alpha value is -1.75.